The first-order valence-corrected chi connectivity index (χ1v) is 12.3. The lowest BCUT2D eigenvalue weighted by molar-refractivity contribution is -0.192. The number of rotatable bonds is 7. The van der Waals surface area contributed by atoms with Crippen LogP contribution in [0.25, 0.3) is 0 Å². The number of hydrogen-bond acceptors (Lipinski definition) is 7. The van der Waals surface area contributed by atoms with Crippen LogP contribution in [-0.4, -0.2) is 64.1 Å². The predicted molar refractivity (Wildman–Crippen MR) is 128 cm³/mol. The first-order valence-electron chi connectivity index (χ1n) is 10.9. The van der Waals surface area contributed by atoms with Crippen LogP contribution in [0, 0.1) is 5.92 Å². The normalized spacial score (nSPS) is 15.7. The summed E-state index contributed by atoms with van der Waals surface area (Å²) < 4.78 is 71.1. The van der Waals surface area contributed by atoms with Crippen molar-refractivity contribution in [2.75, 3.05) is 36.9 Å². The molecule has 0 aliphatic carbocycles. The molecule has 204 valence electrons. The van der Waals surface area contributed by atoms with Crippen molar-refractivity contribution >= 4 is 33.3 Å². The molecule has 1 fully saturated rings. The van der Waals surface area contributed by atoms with Gasteiger partial charge in [-0.2, -0.15) is 13.2 Å². The number of carboxylic acids is 2. The van der Waals surface area contributed by atoms with Gasteiger partial charge in [-0.25, -0.2) is 18.0 Å². The third-order valence-electron chi connectivity index (χ3n) is 5.39. The number of anilines is 2. The Hall–Kier alpha value is -3.68. The third-order valence-corrected chi connectivity index (χ3v) is 6.78. The molecule has 10 nitrogen and oxygen atoms in total. The fourth-order valence-electron chi connectivity index (χ4n) is 3.63. The van der Waals surface area contributed by atoms with Gasteiger partial charge in [0, 0.05) is 19.2 Å². The lowest BCUT2D eigenvalue weighted by Crippen LogP contribution is -2.35. The van der Waals surface area contributed by atoms with E-state index in [-0.39, 0.29) is 21.9 Å². The van der Waals surface area contributed by atoms with Gasteiger partial charge in [0.05, 0.1) is 31.2 Å². The van der Waals surface area contributed by atoms with Gasteiger partial charge in [-0.1, -0.05) is 6.92 Å². The van der Waals surface area contributed by atoms with E-state index in [1.165, 1.54) is 38.5 Å². The van der Waals surface area contributed by atoms with Gasteiger partial charge in [0.2, 0.25) is 0 Å². The topological polar surface area (TPSA) is 142 Å². The number of methoxy groups -OCH3 is 2. The molecule has 0 spiro atoms. The van der Waals surface area contributed by atoms with Crippen LogP contribution in [0.15, 0.2) is 41.3 Å². The van der Waals surface area contributed by atoms with E-state index < -0.39 is 28.1 Å². The SMILES string of the molecule is COc1ccc(OC)c(S(=O)(=O)Nc2cc(C(=O)O)ccc2N2CCCC(C)C2)c1.O=C(O)C(F)(F)F. The first kappa shape index (κ1) is 29.5. The molecule has 14 heteroatoms. The van der Waals surface area contributed by atoms with Crippen LogP contribution in [0.5, 0.6) is 11.5 Å². The first-order chi connectivity index (χ1) is 17.2. The highest BCUT2D eigenvalue weighted by molar-refractivity contribution is 7.92. The standard InChI is InChI=1S/C21H26N2O6S.C2HF3O2/c1-14-5-4-10-23(13-14)18-8-6-15(21(24)25)11-17(18)22-30(26,27)20-12-16(28-2)7-9-19(20)29-3;3-2(4,5)1(6)7/h6-9,11-12,14,22H,4-5,10,13H2,1-3H3,(H,24,25);(H,6,7). The highest BCUT2D eigenvalue weighted by atomic mass is 32.2. The van der Waals surface area contributed by atoms with Crippen LogP contribution in [0.4, 0.5) is 24.5 Å². The minimum absolute atomic E-state index is 0.000819. The summed E-state index contributed by atoms with van der Waals surface area (Å²) in [5, 5.41) is 16.5. The summed E-state index contributed by atoms with van der Waals surface area (Å²) in [6.07, 6.45) is -3.00. The number of aromatic carboxylic acids is 1. The zero-order valence-corrected chi connectivity index (χ0v) is 21.0. The van der Waals surface area contributed by atoms with Gasteiger partial charge >= 0.3 is 18.1 Å². The number of carboxylic acid groups (broad SMARTS) is 2. The highest BCUT2D eigenvalue weighted by Crippen LogP contribution is 2.35. The summed E-state index contributed by atoms with van der Waals surface area (Å²) in [5.74, 6) is -2.91. The van der Waals surface area contributed by atoms with E-state index in [1.54, 1.807) is 12.1 Å². The Labute approximate surface area is 211 Å². The zero-order chi connectivity index (χ0) is 28.0. The summed E-state index contributed by atoms with van der Waals surface area (Å²) in [6.45, 7) is 3.68. The molecule has 3 rings (SSSR count). The van der Waals surface area contributed by atoms with Crippen molar-refractivity contribution in [3.63, 3.8) is 0 Å². The fraction of sp³-hybridized carbons (Fsp3) is 0.391. The molecule has 1 aliphatic heterocycles. The number of alkyl halides is 3. The monoisotopic (exact) mass is 548 g/mol. The van der Waals surface area contributed by atoms with Crippen LogP contribution < -0.4 is 19.1 Å². The molecule has 3 N–H and O–H groups in total. The lowest BCUT2D eigenvalue weighted by Gasteiger charge is -2.34. The molecular weight excluding hydrogens is 521 g/mol. The Morgan fingerprint density at radius 2 is 1.73 bits per heavy atom. The fourth-order valence-corrected chi connectivity index (χ4v) is 4.88. The number of benzene rings is 2. The number of nitrogens with zero attached hydrogens (tertiary/aromatic N) is 1. The average molecular weight is 549 g/mol. The van der Waals surface area contributed by atoms with E-state index >= 15 is 0 Å². The maximum absolute atomic E-state index is 13.2. The zero-order valence-electron chi connectivity index (χ0n) is 20.2. The van der Waals surface area contributed by atoms with Crippen LogP contribution >= 0.6 is 0 Å². The van der Waals surface area contributed by atoms with Crippen LogP contribution in [0.3, 0.4) is 0 Å². The van der Waals surface area contributed by atoms with Crippen LogP contribution in [0.2, 0.25) is 0 Å². The van der Waals surface area contributed by atoms with Gasteiger partial charge in [-0.15, -0.1) is 0 Å². The van der Waals surface area contributed by atoms with E-state index in [4.69, 9.17) is 19.4 Å². The maximum Gasteiger partial charge on any atom is 0.490 e. The van der Waals surface area contributed by atoms with Gasteiger partial charge < -0.3 is 24.6 Å². The van der Waals surface area contributed by atoms with E-state index in [0.29, 0.717) is 17.4 Å². The van der Waals surface area contributed by atoms with Gasteiger partial charge in [0.15, 0.2) is 0 Å². The average Bonchev–Trinajstić information content (AvgIpc) is 2.83. The van der Waals surface area contributed by atoms with Gasteiger partial charge in [0.25, 0.3) is 10.0 Å². The number of piperidine rings is 1. The molecule has 1 unspecified atom stereocenters. The minimum Gasteiger partial charge on any atom is -0.497 e. The number of sulfonamides is 1. The predicted octanol–water partition coefficient (Wildman–Crippen LogP) is 4.07. The Bertz CT molecular complexity index is 1230. The van der Waals surface area contributed by atoms with Gasteiger partial charge in [-0.05, 0) is 49.1 Å². The summed E-state index contributed by atoms with van der Waals surface area (Å²) in [4.78, 5) is 22.4. The number of nitrogens with one attached hydrogen (secondary N) is 1. The second-order valence-corrected chi connectivity index (χ2v) is 9.81. The van der Waals surface area contributed by atoms with Crippen LogP contribution in [0.1, 0.15) is 30.1 Å². The smallest absolute Gasteiger partial charge is 0.490 e. The van der Waals surface area contributed by atoms with Crippen molar-refractivity contribution < 1.29 is 50.9 Å². The van der Waals surface area contributed by atoms with Crippen molar-refractivity contribution in [2.45, 2.75) is 30.8 Å². The Kier molecular flexibility index (Phi) is 9.61. The molecule has 1 heterocycles. The van der Waals surface area contributed by atoms with Gasteiger partial charge in [-0.3, -0.25) is 4.72 Å². The molecule has 0 radical (unpaired) electrons. The molecule has 1 saturated heterocycles. The lowest BCUT2D eigenvalue weighted by atomic mass is 9.99. The largest absolute Gasteiger partial charge is 0.497 e. The second-order valence-electron chi connectivity index (χ2n) is 8.16. The Morgan fingerprint density at radius 1 is 1.08 bits per heavy atom. The number of carbonyl (C=O) groups is 2. The molecule has 1 atom stereocenters. The van der Waals surface area contributed by atoms with Gasteiger partial charge in [0.1, 0.15) is 16.4 Å². The summed E-state index contributed by atoms with van der Waals surface area (Å²) in [6, 6.07) is 8.97. The van der Waals surface area contributed by atoms with Crippen molar-refractivity contribution in [1.82, 2.24) is 0 Å². The molecule has 1 aliphatic rings. The number of halogens is 3. The summed E-state index contributed by atoms with van der Waals surface area (Å²) >= 11 is 0. The highest BCUT2D eigenvalue weighted by Gasteiger charge is 2.38. The van der Waals surface area contributed by atoms with E-state index in [0.717, 1.165) is 25.9 Å². The second kappa shape index (κ2) is 12.0. The quantitative estimate of drug-likeness (QED) is 0.467. The van der Waals surface area contributed by atoms with Crippen molar-refractivity contribution in [2.24, 2.45) is 5.92 Å². The van der Waals surface area contributed by atoms with E-state index in [2.05, 4.69) is 16.5 Å². The minimum atomic E-state index is -5.08. The number of hydrogen-bond donors (Lipinski definition) is 3. The van der Waals surface area contributed by atoms with Crippen molar-refractivity contribution in [3.05, 3.63) is 42.0 Å². The third kappa shape index (κ3) is 7.90. The molecule has 0 bridgehead atoms. The Morgan fingerprint density at radius 3 is 2.24 bits per heavy atom. The maximum atomic E-state index is 13.2. The molecule has 2 aromatic carbocycles. The summed E-state index contributed by atoms with van der Waals surface area (Å²) in [7, 11) is -1.26. The van der Waals surface area contributed by atoms with Crippen molar-refractivity contribution in [3.8, 4) is 11.5 Å². The number of ether oxygens (including phenoxy) is 2. The van der Waals surface area contributed by atoms with Crippen molar-refractivity contribution in [1.29, 1.82) is 0 Å². The molecular formula is C23H27F3N2O8S. The molecule has 0 aromatic heterocycles. The van der Waals surface area contributed by atoms with Crippen LogP contribution in [-0.2, 0) is 14.8 Å². The molecule has 0 amide bonds. The van der Waals surface area contributed by atoms with E-state index in [9.17, 15) is 31.5 Å². The number of aliphatic carboxylic acids is 1. The summed E-state index contributed by atoms with van der Waals surface area (Å²) in [5.41, 5.74) is 0.866. The van der Waals surface area contributed by atoms with E-state index in [1.807, 2.05) is 0 Å². The molecule has 0 saturated carbocycles. The Balaban J connectivity index is 0.000000604. The molecule has 2 aromatic rings. The molecule has 37 heavy (non-hydrogen) atoms.